The van der Waals surface area contributed by atoms with E-state index in [4.69, 9.17) is 0 Å². The zero-order valence-electron chi connectivity index (χ0n) is 7.48. The van der Waals surface area contributed by atoms with Crippen molar-refractivity contribution in [2.45, 2.75) is 0 Å². The molecule has 0 radical (unpaired) electrons. The second-order valence-electron chi connectivity index (χ2n) is 2.83. The number of aromatic nitrogens is 2. The van der Waals surface area contributed by atoms with Crippen molar-refractivity contribution in [3.05, 3.63) is 46.5 Å². The van der Waals surface area contributed by atoms with Crippen molar-refractivity contribution >= 4 is 5.69 Å². The van der Waals surface area contributed by atoms with Crippen LogP contribution in [0.25, 0.3) is 11.4 Å². The number of rotatable bonds is 2. The lowest BCUT2D eigenvalue weighted by atomic mass is 10.2. The van der Waals surface area contributed by atoms with Crippen LogP contribution in [0.15, 0.2) is 30.6 Å². The summed E-state index contributed by atoms with van der Waals surface area (Å²) in [6, 6.07) is 3.96. The van der Waals surface area contributed by atoms with Gasteiger partial charge in [-0.1, -0.05) is 6.07 Å². The third-order valence-corrected chi connectivity index (χ3v) is 1.93. The molecule has 15 heavy (non-hydrogen) atoms. The number of aromatic amines is 1. The molecule has 1 aromatic carbocycles. The van der Waals surface area contributed by atoms with Crippen LogP contribution in [0.4, 0.5) is 10.1 Å². The molecular formula is C9H6FN3O2. The molecule has 1 aromatic heterocycles. The number of hydrogen-bond acceptors (Lipinski definition) is 3. The minimum Gasteiger partial charge on any atom is -0.345 e. The number of halogens is 1. The molecule has 0 unspecified atom stereocenters. The summed E-state index contributed by atoms with van der Waals surface area (Å²) in [5.41, 5.74) is -0.460. The molecule has 0 aliphatic carbocycles. The van der Waals surface area contributed by atoms with Crippen LogP contribution < -0.4 is 0 Å². The predicted molar refractivity (Wildman–Crippen MR) is 50.6 cm³/mol. The number of benzene rings is 1. The maximum atomic E-state index is 13.6. The van der Waals surface area contributed by atoms with Gasteiger partial charge >= 0.3 is 5.69 Å². The van der Waals surface area contributed by atoms with Crippen LogP contribution in [-0.2, 0) is 0 Å². The van der Waals surface area contributed by atoms with E-state index in [1.54, 1.807) is 0 Å². The Hall–Kier alpha value is -2.24. The topological polar surface area (TPSA) is 71.8 Å². The van der Waals surface area contributed by atoms with E-state index in [0.717, 1.165) is 6.07 Å². The molecule has 0 spiro atoms. The molecule has 0 saturated carbocycles. The monoisotopic (exact) mass is 207 g/mol. The van der Waals surface area contributed by atoms with E-state index in [-0.39, 0.29) is 11.4 Å². The van der Waals surface area contributed by atoms with Crippen molar-refractivity contribution < 1.29 is 9.31 Å². The third kappa shape index (κ3) is 1.56. The summed E-state index contributed by atoms with van der Waals surface area (Å²) in [5, 5.41) is 10.5. The standard InChI is InChI=1S/C9H6FN3O2/c10-8-6(9-11-4-5-12-9)2-1-3-7(8)13(14)15/h1-5H,(H,11,12). The number of nitrogens with one attached hydrogen (secondary N) is 1. The molecule has 5 nitrogen and oxygen atoms in total. The van der Waals surface area contributed by atoms with Crippen molar-refractivity contribution in [2.24, 2.45) is 0 Å². The summed E-state index contributed by atoms with van der Waals surface area (Å²) in [5.74, 6) is -0.603. The Bertz CT molecular complexity index is 496. The van der Waals surface area contributed by atoms with Gasteiger partial charge in [0.05, 0.1) is 10.5 Å². The summed E-state index contributed by atoms with van der Waals surface area (Å²) in [7, 11) is 0. The smallest absolute Gasteiger partial charge is 0.305 e. The molecule has 0 atom stereocenters. The largest absolute Gasteiger partial charge is 0.345 e. The van der Waals surface area contributed by atoms with Crippen LogP contribution in [0, 0.1) is 15.9 Å². The highest BCUT2D eigenvalue weighted by Gasteiger charge is 2.18. The summed E-state index contributed by atoms with van der Waals surface area (Å²) < 4.78 is 13.6. The highest BCUT2D eigenvalue weighted by atomic mass is 19.1. The predicted octanol–water partition coefficient (Wildman–Crippen LogP) is 2.12. The van der Waals surface area contributed by atoms with Gasteiger partial charge in [0.2, 0.25) is 5.82 Å². The molecule has 2 rings (SSSR count). The summed E-state index contributed by atoms with van der Waals surface area (Å²) >= 11 is 0. The fourth-order valence-electron chi connectivity index (χ4n) is 1.26. The molecule has 0 fully saturated rings. The first-order valence-corrected chi connectivity index (χ1v) is 4.13. The lowest BCUT2D eigenvalue weighted by molar-refractivity contribution is -0.387. The van der Waals surface area contributed by atoms with Gasteiger partial charge in [0, 0.05) is 18.5 Å². The van der Waals surface area contributed by atoms with Gasteiger partial charge in [0.15, 0.2) is 0 Å². The van der Waals surface area contributed by atoms with E-state index in [1.807, 2.05) is 0 Å². The van der Waals surface area contributed by atoms with Crippen LogP contribution in [0.2, 0.25) is 0 Å². The summed E-state index contributed by atoms with van der Waals surface area (Å²) in [6.07, 6.45) is 2.97. The average molecular weight is 207 g/mol. The van der Waals surface area contributed by atoms with E-state index in [9.17, 15) is 14.5 Å². The van der Waals surface area contributed by atoms with E-state index >= 15 is 0 Å². The Balaban J connectivity index is 2.59. The molecule has 0 saturated heterocycles. The molecular weight excluding hydrogens is 201 g/mol. The van der Waals surface area contributed by atoms with Gasteiger partial charge in [-0.15, -0.1) is 0 Å². The number of nitro benzene ring substituents is 1. The molecule has 0 bridgehead atoms. The first-order valence-electron chi connectivity index (χ1n) is 4.13. The van der Waals surface area contributed by atoms with E-state index < -0.39 is 16.4 Å². The van der Waals surface area contributed by atoms with Gasteiger partial charge in [-0.3, -0.25) is 10.1 Å². The van der Waals surface area contributed by atoms with Crippen molar-refractivity contribution in [1.82, 2.24) is 9.97 Å². The Morgan fingerprint density at radius 1 is 1.47 bits per heavy atom. The van der Waals surface area contributed by atoms with Crippen molar-refractivity contribution in [3.63, 3.8) is 0 Å². The molecule has 76 valence electrons. The van der Waals surface area contributed by atoms with Crippen LogP contribution in [-0.4, -0.2) is 14.9 Å². The van der Waals surface area contributed by atoms with Crippen molar-refractivity contribution in [3.8, 4) is 11.4 Å². The van der Waals surface area contributed by atoms with Crippen LogP contribution in [0.1, 0.15) is 0 Å². The first-order chi connectivity index (χ1) is 7.20. The fourth-order valence-corrected chi connectivity index (χ4v) is 1.26. The molecule has 0 aliphatic heterocycles. The average Bonchev–Trinajstić information content (AvgIpc) is 2.70. The maximum absolute atomic E-state index is 13.6. The second kappa shape index (κ2) is 3.49. The van der Waals surface area contributed by atoms with Crippen molar-refractivity contribution in [1.29, 1.82) is 0 Å². The van der Waals surface area contributed by atoms with Crippen LogP contribution in [0.3, 0.4) is 0 Å². The number of nitro groups is 1. The van der Waals surface area contributed by atoms with Crippen molar-refractivity contribution in [2.75, 3.05) is 0 Å². The molecule has 6 heteroatoms. The Kier molecular flexibility index (Phi) is 2.17. The van der Waals surface area contributed by atoms with Gasteiger partial charge in [-0.2, -0.15) is 4.39 Å². The molecule has 0 aliphatic rings. The lowest BCUT2D eigenvalue weighted by Gasteiger charge is -1.99. The third-order valence-electron chi connectivity index (χ3n) is 1.93. The highest BCUT2D eigenvalue weighted by Crippen LogP contribution is 2.26. The lowest BCUT2D eigenvalue weighted by Crippen LogP contribution is -1.95. The molecule has 1 heterocycles. The molecule has 2 aromatic rings. The number of nitrogens with zero attached hydrogens (tertiary/aromatic N) is 2. The van der Waals surface area contributed by atoms with Gasteiger partial charge in [0.1, 0.15) is 5.82 Å². The fraction of sp³-hybridized carbons (Fsp3) is 0. The summed E-state index contributed by atoms with van der Waals surface area (Å²) in [6.45, 7) is 0. The van der Waals surface area contributed by atoms with Crippen LogP contribution in [0.5, 0.6) is 0 Å². The van der Waals surface area contributed by atoms with Gasteiger partial charge in [0.25, 0.3) is 0 Å². The van der Waals surface area contributed by atoms with E-state index in [2.05, 4.69) is 9.97 Å². The van der Waals surface area contributed by atoms with E-state index in [0.29, 0.717) is 0 Å². The highest BCUT2D eigenvalue weighted by molar-refractivity contribution is 5.60. The van der Waals surface area contributed by atoms with Gasteiger partial charge in [-0.05, 0) is 6.07 Å². The normalized spacial score (nSPS) is 10.2. The Morgan fingerprint density at radius 3 is 2.87 bits per heavy atom. The number of hydrogen-bond donors (Lipinski definition) is 1. The second-order valence-corrected chi connectivity index (χ2v) is 2.83. The molecule has 1 N–H and O–H groups in total. The maximum Gasteiger partial charge on any atom is 0.305 e. The minimum atomic E-state index is -0.877. The SMILES string of the molecule is O=[N+]([O-])c1cccc(-c2ncc[nH]2)c1F. The quantitative estimate of drug-likeness (QED) is 0.605. The first kappa shape index (κ1) is 9.32. The number of imidazole rings is 1. The van der Waals surface area contributed by atoms with E-state index in [1.165, 1.54) is 24.5 Å². The van der Waals surface area contributed by atoms with Crippen LogP contribution >= 0.6 is 0 Å². The van der Waals surface area contributed by atoms with Gasteiger partial charge < -0.3 is 4.98 Å². The summed E-state index contributed by atoms with van der Waals surface area (Å²) in [4.78, 5) is 16.2. The van der Waals surface area contributed by atoms with Gasteiger partial charge in [-0.25, -0.2) is 4.98 Å². The zero-order chi connectivity index (χ0) is 10.8. The molecule has 0 amide bonds. The zero-order valence-corrected chi connectivity index (χ0v) is 7.48. The minimum absolute atomic E-state index is 0.0919. The Labute approximate surface area is 83.7 Å². The Morgan fingerprint density at radius 2 is 2.27 bits per heavy atom. The number of H-pyrrole nitrogens is 1.